The van der Waals surface area contributed by atoms with Crippen molar-refractivity contribution in [3.63, 3.8) is 0 Å². The maximum Gasteiger partial charge on any atom is 0.416 e. The number of hydrogen-bond acceptors (Lipinski definition) is 2. The van der Waals surface area contributed by atoms with E-state index in [0.717, 1.165) is 71.2 Å². The zero-order valence-electron chi connectivity index (χ0n) is 22.1. The highest BCUT2D eigenvalue weighted by Gasteiger charge is 2.37. The maximum absolute atomic E-state index is 13.5. The number of aromatic nitrogens is 3. The molecule has 8 heteroatoms. The van der Waals surface area contributed by atoms with E-state index < -0.39 is 11.7 Å². The van der Waals surface area contributed by atoms with Gasteiger partial charge in [0.1, 0.15) is 5.82 Å². The fourth-order valence-electron chi connectivity index (χ4n) is 6.01. The number of nitrogens with one attached hydrogen (secondary N) is 1. The number of imidazole rings is 1. The molecular formula is C32H29F3N4O. The largest absolute Gasteiger partial charge is 0.416 e. The third-order valence-corrected chi connectivity index (χ3v) is 8.27. The zero-order valence-corrected chi connectivity index (χ0v) is 22.1. The van der Waals surface area contributed by atoms with Crippen LogP contribution in [0.25, 0.3) is 44.5 Å². The monoisotopic (exact) mass is 542 g/mol. The molecular weight excluding hydrogens is 513 g/mol. The first-order valence-corrected chi connectivity index (χ1v) is 13.8. The summed E-state index contributed by atoms with van der Waals surface area (Å²) in [4.78, 5) is 22.6. The first kappa shape index (κ1) is 24.9. The molecule has 5 nitrogen and oxygen atoms in total. The van der Waals surface area contributed by atoms with Crippen molar-refractivity contribution in [2.45, 2.75) is 38.9 Å². The highest BCUT2D eigenvalue weighted by atomic mass is 19.4. The van der Waals surface area contributed by atoms with E-state index in [1.807, 2.05) is 40.7 Å². The van der Waals surface area contributed by atoms with Crippen molar-refractivity contribution < 1.29 is 18.0 Å². The lowest BCUT2D eigenvalue weighted by atomic mass is 10.0. The summed E-state index contributed by atoms with van der Waals surface area (Å²) in [5.41, 5.74) is 5.48. The minimum atomic E-state index is -4.44. The topological polar surface area (TPSA) is 53.9 Å². The molecule has 1 aliphatic heterocycles. The van der Waals surface area contributed by atoms with Gasteiger partial charge in [-0.25, -0.2) is 4.98 Å². The van der Waals surface area contributed by atoms with E-state index in [1.54, 1.807) is 0 Å². The van der Waals surface area contributed by atoms with Gasteiger partial charge >= 0.3 is 6.18 Å². The maximum atomic E-state index is 13.5. The van der Waals surface area contributed by atoms with Gasteiger partial charge in [-0.15, -0.1) is 0 Å². The van der Waals surface area contributed by atoms with E-state index in [-0.39, 0.29) is 17.7 Å². The summed E-state index contributed by atoms with van der Waals surface area (Å²) in [5.74, 6) is 1.29. The second-order valence-corrected chi connectivity index (χ2v) is 11.3. The first-order chi connectivity index (χ1) is 19.2. The molecule has 3 heterocycles. The fraction of sp³-hybridized carbons (Fsp3) is 0.312. The van der Waals surface area contributed by atoms with Gasteiger partial charge in [-0.1, -0.05) is 30.3 Å². The van der Waals surface area contributed by atoms with Gasteiger partial charge < -0.3 is 14.5 Å². The van der Waals surface area contributed by atoms with Crippen molar-refractivity contribution in [3.8, 4) is 22.5 Å². The molecule has 1 aliphatic carbocycles. The van der Waals surface area contributed by atoms with Gasteiger partial charge in [-0.05, 0) is 79.6 Å². The van der Waals surface area contributed by atoms with Gasteiger partial charge in [-0.3, -0.25) is 4.79 Å². The molecule has 1 saturated heterocycles. The molecule has 2 fully saturated rings. The number of H-pyrrole nitrogens is 1. The van der Waals surface area contributed by atoms with E-state index in [1.165, 1.54) is 6.07 Å². The average molecular weight is 543 g/mol. The molecule has 204 valence electrons. The minimum Gasteiger partial charge on any atom is -0.359 e. The Balaban J connectivity index is 1.23. The number of amides is 1. The molecule has 40 heavy (non-hydrogen) atoms. The van der Waals surface area contributed by atoms with Crippen LogP contribution in [-0.4, -0.2) is 38.4 Å². The number of aryl methyl sites for hydroxylation is 1. The van der Waals surface area contributed by atoms with E-state index >= 15 is 0 Å². The molecule has 0 radical (unpaired) electrons. The number of rotatable bonds is 5. The van der Waals surface area contributed by atoms with E-state index in [9.17, 15) is 18.0 Å². The van der Waals surface area contributed by atoms with Crippen molar-refractivity contribution in [2.75, 3.05) is 13.1 Å². The van der Waals surface area contributed by atoms with Crippen LogP contribution in [0.2, 0.25) is 0 Å². The van der Waals surface area contributed by atoms with Gasteiger partial charge in [0.15, 0.2) is 0 Å². The number of fused-ring (bicyclic) bond motifs is 2. The number of nitrogens with zero attached hydrogens (tertiary/aromatic N) is 3. The average Bonchev–Trinajstić information content (AvgIpc) is 3.40. The summed E-state index contributed by atoms with van der Waals surface area (Å²) in [5, 5.41) is 1.15. The molecule has 1 N–H and O–H groups in total. The van der Waals surface area contributed by atoms with E-state index in [0.29, 0.717) is 29.9 Å². The lowest BCUT2D eigenvalue weighted by Crippen LogP contribution is -2.30. The Labute approximate surface area is 229 Å². The molecule has 0 spiro atoms. The Morgan fingerprint density at radius 2 is 1.70 bits per heavy atom. The van der Waals surface area contributed by atoms with Crippen LogP contribution in [0.1, 0.15) is 30.5 Å². The summed E-state index contributed by atoms with van der Waals surface area (Å²) in [7, 11) is 0. The SMILES string of the molecule is Cc1cc2cc(-c3ccc(-c4nc5cc(C(F)(F)F)ccc5n4C[C@H]4CCN(C(=O)C5CC5)C4)cc3)ccc2[nH]1. The Morgan fingerprint density at radius 1 is 0.950 bits per heavy atom. The summed E-state index contributed by atoms with van der Waals surface area (Å²) < 4.78 is 42.5. The molecule has 1 saturated carbocycles. The minimum absolute atomic E-state index is 0.185. The van der Waals surface area contributed by atoms with Crippen LogP contribution >= 0.6 is 0 Å². The molecule has 0 bridgehead atoms. The van der Waals surface area contributed by atoms with Gasteiger partial charge in [0.25, 0.3) is 0 Å². The van der Waals surface area contributed by atoms with Crippen molar-refractivity contribution in [1.29, 1.82) is 0 Å². The Bertz CT molecular complexity index is 1740. The van der Waals surface area contributed by atoms with Gasteiger partial charge in [0, 0.05) is 47.7 Å². The van der Waals surface area contributed by atoms with Gasteiger partial charge in [0.2, 0.25) is 5.91 Å². The molecule has 5 aromatic rings. The molecule has 1 amide bonds. The van der Waals surface area contributed by atoms with Crippen molar-refractivity contribution in [2.24, 2.45) is 11.8 Å². The summed E-state index contributed by atoms with van der Waals surface area (Å²) in [6.07, 6.45) is -1.61. The predicted octanol–water partition coefficient (Wildman–Crippen LogP) is 7.44. The van der Waals surface area contributed by atoms with E-state index in [4.69, 9.17) is 4.98 Å². The smallest absolute Gasteiger partial charge is 0.359 e. The quantitative estimate of drug-likeness (QED) is 0.251. The Morgan fingerprint density at radius 3 is 2.45 bits per heavy atom. The zero-order chi connectivity index (χ0) is 27.6. The summed E-state index contributed by atoms with van der Waals surface area (Å²) >= 11 is 0. The van der Waals surface area contributed by atoms with Crippen LogP contribution in [-0.2, 0) is 17.5 Å². The van der Waals surface area contributed by atoms with Gasteiger partial charge in [0.05, 0.1) is 16.6 Å². The highest BCUT2D eigenvalue weighted by molar-refractivity contribution is 5.86. The standard InChI is InChI=1S/C32H29F3N4O/c1-19-14-25-15-24(8-10-27(25)36-19)21-2-4-22(5-3-21)30-37-28-16-26(32(33,34)35)9-11-29(28)39(30)18-20-12-13-38(17-20)31(40)23-6-7-23/h2-5,8-11,14-16,20,23,36H,6-7,12-13,17-18H2,1H3/t20-/m0/s1. The number of hydrogen-bond donors (Lipinski definition) is 1. The number of carbonyl (C=O) groups is 1. The number of alkyl halides is 3. The molecule has 2 aromatic heterocycles. The summed E-state index contributed by atoms with van der Waals surface area (Å²) in [6.45, 7) is 4.04. The summed E-state index contributed by atoms with van der Waals surface area (Å²) in [6, 6.07) is 20.3. The van der Waals surface area contributed by atoms with Crippen LogP contribution in [0.15, 0.2) is 66.7 Å². The lowest BCUT2D eigenvalue weighted by molar-refractivity contribution is -0.137. The fourth-order valence-corrected chi connectivity index (χ4v) is 6.01. The number of halogens is 3. The van der Waals surface area contributed by atoms with Crippen LogP contribution in [0.5, 0.6) is 0 Å². The van der Waals surface area contributed by atoms with Crippen molar-refractivity contribution in [3.05, 3.63) is 78.0 Å². The van der Waals surface area contributed by atoms with E-state index in [2.05, 4.69) is 29.2 Å². The number of carbonyl (C=O) groups excluding carboxylic acids is 1. The number of benzene rings is 3. The van der Waals surface area contributed by atoms with Crippen molar-refractivity contribution >= 4 is 27.8 Å². The first-order valence-electron chi connectivity index (χ1n) is 13.8. The van der Waals surface area contributed by atoms with Crippen LogP contribution < -0.4 is 0 Å². The normalized spacial score (nSPS) is 17.8. The predicted molar refractivity (Wildman–Crippen MR) is 150 cm³/mol. The molecule has 7 rings (SSSR count). The molecule has 2 aliphatic rings. The van der Waals surface area contributed by atoms with Crippen LogP contribution in [0.4, 0.5) is 13.2 Å². The van der Waals surface area contributed by atoms with Crippen LogP contribution in [0.3, 0.4) is 0 Å². The third-order valence-electron chi connectivity index (χ3n) is 8.27. The molecule has 0 unspecified atom stereocenters. The Kier molecular flexibility index (Phi) is 5.77. The van der Waals surface area contributed by atoms with Crippen molar-refractivity contribution in [1.82, 2.24) is 19.4 Å². The van der Waals surface area contributed by atoms with Gasteiger partial charge in [-0.2, -0.15) is 13.2 Å². The molecule has 1 atom stereocenters. The third kappa shape index (κ3) is 4.55. The molecule has 3 aromatic carbocycles. The lowest BCUT2D eigenvalue weighted by Gasteiger charge is -2.18. The Hall–Kier alpha value is -4.07. The van der Waals surface area contributed by atoms with Crippen LogP contribution in [0, 0.1) is 18.8 Å². The number of aromatic amines is 1. The second-order valence-electron chi connectivity index (χ2n) is 11.3. The number of likely N-dealkylation sites (tertiary alicyclic amines) is 1. The highest BCUT2D eigenvalue weighted by Crippen LogP contribution is 2.36. The second kappa shape index (κ2) is 9.25.